The highest BCUT2D eigenvalue weighted by Gasteiger charge is 2.19. The van der Waals surface area contributed by atoms with Crippen LogP contribution in [0.15, 0.2) is 82.0 Å². The zero-order valence-corrected chi connectivity index (χ0v) is 16.4. The first-order chi connectivity index (χ1) is 14.0. The van der Waals surface area contributed by atoms with E-state index in [2.05, 4.69) is 25.6 Å². The van der Waals surface area contributed by atoms with E-state index < -0.39 is 9.84 Å². The molecule has 0 saturated carbocycles. The number of anilines is 1. The Hall–Kier alpha value is -3.77. The molecule has 9 heteroatoms. The Bertz CT molecular complexity index is 1150. The molecule has 0 amide bonds. The molecule has 2 heterocycles. The first-order valence-electron chi connectivity index (χ1n) is 8.62. The lowest BCUT2D eigenvalue weighted by Crippen LogP contribution is -2.26. The van der Waals surface area contributed by atoms with Crippen LogP contribution in [-0.4, -0.2) is 24.3 Å². The van der Waals surface area contributed by atoms with Crippen molar-refractivity contribution in [2.45, 2.75) is 23.3 Å². The van der Waals surface area contributed by atoms with Gasteiger partial charge in [0.25, 0.3) is 0 Å². The minimum atomic E-state index is -3.64. The number of benzene rings is 1. The number of pyridine rings is 2. The SMILES string of the molecule is Cc1ccncc1S(=O)(=O)c1ccc(CN=C(NC#N)Nc2ccncc2)cc1. The van der Waals surface area contributed by atoms with Crippen molar-refractivity contribution in [1.82, 2.24) is 15.3 Å². The van der Waals surface area contributed by atoms with E-state index >= 15 is 0 Å². The maximum atomic E-state index is 12.8. The maximum Gasteiger partial charge on any atom is 0.209 e. The molecule has 0 spiro atoms. The predicted molar refractivity (Wildman–Crippen MR) is 109 cm³/mol. The normalized spacial score (nSPS) is 11.5. The van der Waals surface area contributed by atoms with Gasteiger partial charge in [-0.25, -0.2) is 13.4 Å². The van der Waals surface area contributed by atoms with Crippen molar-refractivity contribution >= 4 is 21.5 Å². The summed E-state index contributed by atoms with van der Waals surface area (Å²) in [4.78, 5) is 12.6. The van der Waals surface area contributed by atoms with Gasteiger partial charge in [0.15, 0.2) is 6.19 Å². The third-order valence-electron chi connectivity index (χ3n) is 4.05. The molecule has 0 unspecified atom stereocenters. The minimum absolute atomic E-state index is 0.187. The Labute approximate surface area is 168 Å². The van der Waals surface area contributed by atoms with Gasteiger partial charge in [0.05, 0.1) is 16.3 Å². The fourth-order valence-electron chi connectivity index (χ4n) is 2.54. The smallest absolute Gasteiger partial charge is 0.209 e. The minimum Gasteiger partial charge on any atom is -0.325 e. The topological polar surface area (TPSA) is 120 Å². The lowest BCUT2D eigenvalue weighted by molar-refractivity contribution is 0.595. The van der Waals surface area contributed by atoms with Gasteiger partial charge in [0.1, 0.15) is 0 Å². The van der Waals surface area contributed by atoms with Gasteiger partial charge >= 0.3 is 0 Å². The third-order valence-corrected chi connectivity index (χ3v) is 5.95. The quantitative estimate of drug-likeness (QED) is 0.289. The van der Waals surface area contributed by atoms with Crippen molar-refractivity contribution in [2.24, 2.45) is 4.99 Å². The molecule has 0 radical (unpaired) electrons. The highest BCUT2D eigenvalue weighted by Crippen LogP contribution is 2.23. The van der Waals surface area contributed by atoms with Crippen molar-refractivity contribution in [3.05, 3.63) is 78.4 Å². The summed E-state index contributed by atoms with van der Waals surface area (Å²) in [6.07, 6.45) is 7.99. The molecule has 8 nitrogen and oxygen atoms in total. The molecule has 0 aliphatic rings. The standard InChI is InChI=1S/C20H18N6O2S/c1-15-6-9-23-13-19(15)29(27,28)18-4-2-16(3-5-18)12-24-20(25-14-21)26-17-7-10-22-11-8-17/h2-11,13H,12H2,1H3,(H2,22,24,25,26). The Morgan fingerprint density at radius 3 is 2.41 bits per heavy atom. The van der Waals surface area contributed by atoms with E-state index in [-0.39, 0.29) is 22.3 Å². The summed E-state index contributed by atoms with van der Waals surface area (Å²) in [6.45, 7) is 1.99. The van der Waals surface area contributed by atoms with Gasteiger partial charge in [-0.3, -0.25) is 15.3 Å². The Morgan fingerprint density at radius 1 is 1.07 bits per heavy atom. The van der Waals surface area contributed by atoms with Crippen LogP contribution in [0.5, 0.6) is 0 Å². The third kappa shape index (κ3) is 4.94. The average molecular weight is 406 g/mol. The molecular formula is C20H18N6O2S. The number of sulfone groups is 1. The van der Waals surface area contributed by atoms with E-state index in [9.17, 15) is 8.42 Å². The van der Waals surface area contributed by atoms with Crippen LogP contribution in [-0.2, 0) is 16.4 Å². The molecule has 29 heavy (non-hydrogen) atoms. The molecule has 0 bridgehead atoms. The van der Waals surface area contributed by atoms with E-state index in [1.165, 1.54) is 6.20 Å². The van der Waals surface area contributed by atoms with Crippen LogP contribution in [0.3, 0.4) is 0 Å². The number of nitrogens with zero attached hydrogens (tertiary/aromatic N) is 4. The van der Waals surface area contributed by atoms with Crippen LogP contribution < -0.4 is 10.6 Å². The van der Waals surface area contributed by atoms with Crippen molar-refractivity contribution in [3.8, 4) is 6.19 Å². The number of hydrogen-bond acceptors (Lipinski definition) is 6. The van der Waals surface area contributed by atoms with Gasteiger partial charge in [0, 0.05) is 30.5 Å². The van der Waals surface area contributed by atoms with E-state index in [1.807, 2.05) is 6.19 Å². The predicted octanol–water partition coefficient (Wildman–Crippen LogP) is 2.66. The summed E-state index contributed by atoms with van der Waals surface area (Å²) in [5.41, 5.74) is 2.17. The van der Waals surface area contributed by atoms with Crippen molar-refractivity contribution in [1.29, 1.82) is 5.26 Å². The molecule has 2 aromatic heterocycles. The molecule has 0 aliphatic heterocycles. The van der Waals surface area contributed by atoms with Crippen molar-refractivity contribution < 1.29 is 8.42 Å². The molecule has 146 valence electrons. The maximum absolute atomic E-state index is 12.8. The monoisotopic (exact) mass is 406 g/mol. The highest BCUT2D eigenvalue weighted by atomic mass is 32.2. The first kappa shape index (κ1) is 20.0. The van der Waals surface area contributed by atoms with Crippen LogP contribution >= 0.6 is 0 Å². The van der Waals surface area contributed by atoms with Gasteiger partial charge in [-0.2, -0.15) is 5.26 Å². The van der Waals surface area contributed by atoms with Crippen LogP contribution in [0.1, 0.15) is 11.1 Å². The molecule has 0 saturated heterocycles. The number of nitriles is 1. The van der Waals surface area contributed by atoms with Crippen LogP contribution in [0, 0.1) is 18.4 Å². The number of nitrogens with one attached hydrogen (secondary N) is 2. The number of rotatable bonds is 5. The number of aliphatic imine (C=N–C) groups is 1. The van der Waals surface area contributed by atoms with Crippen LogP contribution in [0.4, 0.5) is 5.69 Å². The molecule has 3 aromatic rings. The van der Waals surface area contributed by atoms with E-state index in [1.54, 1.807) is 68.0 Å². The van der Waals surface area contributed by atoms with E-state index in [4.69, 9.17) is 5.26 Å². The van der Waals surface area contributed by atoms with E-state index in [0.717, 1.165) is 11.3 Å². The molecule has 1 aromatic carbocycles. The Morgan fingerprint density at radius 2 is 1.76 bits per heavy atom. The van der Waals surface area contributed by atoms with Gasteiger partial charge in [0.2, 0.25) is 15.8 Å². The summed E-state index contributed by atoms with van der Waals surface area (Å²) in [5, 5.41) is 14.4. The first-order valence-corrected chi connectivity index (χ1v) is 10.1. The molecule has 0 aliphatic carbocycles. The van der Waals surface area contributed by atoms with E-state index in [0.29, 0.717) is 5.56 Å². The summed E-state index contributed by atoms with van der Waals surface area (Å²) in [5.74, 6) is 0.279. The summed E-state index contributed by atoms with van der Waals surface area (Å²) in [6, 6.07) is 11.6. The molecule has 0 atom stereocenters. The highest BCUT2D eigenvalue weighted by molar-refractivity contribution is 7.91. The second kappa shape index (κ2) is 8.95. The number of aryl methyl sites for hydroxylation is 1. The number of aromatic nitrogens is 2. The fourth-order valence-corrected chi connectivity index (χ4v) is 3.98. The summed E-state index contributed by atoms with van der Waals surface area (Å²) < 4.78 is 25.6. The summed E-state index contributed by atoms with van der Waals surface area (Å²) in [7, 11) is -3.64. The molecule has 2 N–H and O–H groups in total. The Kier molecular flexibility index (Phi) is 6.16. The lowest BCUT2D eigenvalue weighted by atomic mass is 10.2. The lowest BCUT2D eigenvalue weighted by Gasteiger charge is -2.09. The zero-order valence-electron chi connectivity index (χ0n) is 15.6. The number of guanidine groups is 1. The molecule has 0 fully saturated rings. The largest absolute Gasteiger partial charge is 0.325 e. The molecular weight excluding hydrogens is 388 g/mol. The average Bonchev–Trinajstić information content (AvgIpc) is 2.73. The fraction of sp³-hybridized carbons (Fsp3) is 0.100. The molecule has 3 rings (SSSR count). The van der Waals surface area contributed by atoms with Gasteiger partial charge < -0.3 is 5.32 Å². The van der Waals surface area contributed by atoms with Crippen molar-refractivity contribution in [2.75, 3.05) is 5.32 Å². The summed E-state index contributed by atoms with van der Waals surface area (Å²) >= 11 is 0. The van der Waals surface area contributed by atoms with Gasteiger partial charge in [-0.15, -0.1) is 0 Å². The van der Waals surface area contributed by atoms with Gasteiger partial charge in [-0.1, -0.05) is 12.1 Å². The van der Waals surface area contributed by atoms with Gasteiger partial charge in [-0.05, 0) is 48.4 Å². The van der Waals surface area contributed by atoms with Crippen LogP contribution in [0.25, 0.3) is 0 Å². The Balaban J connectivity index is 1.77. The zero-order chi connectivity index (χ0) is 20.7. The van der Waals surface area contributed by atoms with Crippen LogP contribution in [0.2, 0.25) is 0 Å². The number of hydrogen-bond donors (Lipinski definition) is 2. The van der Waals surface area contributed by atoms with Crippen molar-refractivity contribution in [3.63, 3.8) is 0 Å². The second-order valence-corrected chi connectivity index (χ2v) is 7.97. The second-order valence-electron chi connectivity index (χ2n) is 6.05.